The number of nitrogens with one attached hydrogen (secondary N) is 1. The van der Waals surface area contributed by atoms with E-state index >= 15 is 0 Å². The second-order valence-corrected chi connectivity index (χ2v) is 4.98. The van der Waals surface area contributed by atoms with E-state index in [1.54, 1.807) is 7.05 Å². The molecule has 1 unspecified atom stereocenters. The molecule has 1 N–H and O–H groups in total. The molecular weight excluding hydrogens is 260 g/mol. The molecule has 1 heterocycles. The average molecular weight is 279 g/mol. The van der Waals surface area contributed by atoms with Gasteiger partial charge in [0.05, 0.1) is 5.69 Å². The van der Waals surface area contributed by atoms with Gasteiger partial charge in [0.1, 0.15) is 11.6 Å². The predicted molar refractivity (Wildman–Crippen MR) is 74.5 cm³/mol. The monoisotopic (exact) mass is 279 g/mol. The molecule has 5 heteroatoms. The molecule has 0 radical (unpaired) electrons. The molecule has 108 valence electrons. The third-order valence-electron chi connectivity index (χ3n) is 3.75. The predicted octanol–water partition coefficient (Wildman–Crippen LogP) is 2.82. The minimum atomic E-state index is -0.560. The molecular formula is C15H19F2N3. The first kappa shape index (κ1) is 14.7. The Morgan fingerprint density at radius 2 is 2.00 bits per heavy atom. The smallest absolute Gasteiger partial charge is 0.130 e. The van der Waals surface area contributed by atoms with Crippen LogP contribution in [0.3, 0.4) is 0 Å². The van der Waals surface area contributed by atoms with Crippen molar-refractivity contribution in [2.75, 3.05) is 7.05 Å². The van der Waals surface area contributed by atoms with Gasteiger partial charge >= 0.3 is 0 Å². The van der Waals surface area contributed by atoms with Gasteiger partial charge in [0.2, 0.25) is 0 Å². The maximum absolute atomic E-state index is 13.9. The fraction of sp³-hybridized carbons (Fsp3) is 0.400. The Morgan fingerprint density at radius 3 is 2.50 bits per heavy atom. The summed E-state index contributed by atoms with van der Waals surface area (Å²) in [5.41, 5.74) is 3.56. The summed E-state index contributed by atoms with van der Waals surface area (Å²) < 4.78 is 28.7. The largest absolute Gasteiger partial charge is 0.313 e. The molecule has 1 aromatic carbocycles. The second-order valence-electron chi connectivity index (χ2n) is 4.98. The highest BCUT2D eigenvalue weighted by Crippen LogP contribution is 2.24. The lowest BCUT2D eigenvalue weighted by Crippen LogP contribution is -2.20. The summed E-state index contributed by atoms with van der Waals surface area (Å²) in [7, 11) is 3.66. The molecule has 0 aliphatic heterocycles. The van der Waals surface area contributed by atoms with Crippen molar-refractivity contribution in [2.24, 2.45) is 7.05 Å². The summed E-state index contributed by atoms with van der Waals surface area (Å²) in [5, 5.41) is 7.45. The zero-order valence-electron chi connectivity index (χ0n) is 12.2. The van der Waals surface area contributed by atoms with Crippen molar-refractivity contribution < 1.29 is 8.78 Å². The van der Waals surface area contributed by atoms with Gasteiger partial charge < -0.3 is 5.32 Å². The van der Waals surface area contributed by atoms with E-state index in [-0.39, 0.29) is 6.04 Å². The summed E-state index contributed by atoms with van der Waals surface area (Å²) >= 11 is 0. The number of aryl methyl sites for hydroxylation is 2. The van der Waals surface area contributed by atoms with E-state index in [2.05, 4.69) is 10.4 Å². The maximum Gasteiger partial charge on any atom is 0.130 e. The van der Waals surface area contributed by atoms with Gasteiger partial charge in [-0.3, -0.25) is 4.68 Å². The van der Waals surface area contributed by atoms with E-state index in [9.17, 15) is 8.78 Å². The Hall–Kier alpha value is -1.75. The second kappa shape index (κ2) is 5.71. The van der Waals surface area contributed by atoms with Crippen LogP contribution in [0.5, 0.6) is 0 Å². The van der Waals surface area contributed by atoms with Gasteiger partial charge in [-0.05, 0) is 38.9 Å². The molecule has 0 spiro atoms. The summed E-state index contributed by atoms with van der Waals surface area (Å²) in [6.45, 7) is 3.93. The number of benzene rings is 1. The molecule has 2 rings (SSSR count). The minimum absolute atomic E-state index is 0.211. The van der Waals surface area contributed by atoms with Crippen LogP contribution in [-0.2, 0) is 13.5 Å². The highest BCUT2D eigenvalue weighted by Gasteiger charge is 2.19. The van der Waals surface area contributed by atoms with Gasteiger partial charge in [-0.2, -0.15) is 5.10 Å². The van der Waals surface area contributed by atoms with Crippen molar-refractivity contribution in [1.82, 2.24) is 15.1 Å². The van der Waals surface area contributed by atoms with Gasteiger partial charge in [0.15, 0.2) is 0 Å². The molecule has 2 aromatic rings. The van der Waals surface area contributed by atoms with Crippen molar-refractivity contribution in [3.05, 3.63) is 52.3 Å². The van der Waals surface area contributed by atoms with E-state index in [4.69, 9.17) is 0 Å². The van der Waals surface area contributed by atoms with E-state index < -0.39 is 11.6 Å². The van der Waals surface area contributed by atoms with Crippen LogP contribution in [0.4, 0.5) is 8.78 Å². The van der Waals surface area contributed by atoms with E-state index in [0.29, 0.717) is 12.0 Å². The standard InChI is InChI=1S/C15H19F2N3/c1-9-13(10(2)20(4)19-9)8-15(18-3)12-6-5-11(16)7-14(12)17/h5-7,15,18H,8H2,1-4H3. The third-order valence-corrected chi connectivity index (χ3v) is 3.75. The Morgan fingerprint density at radius 1 is 1.30 bits per heavy atom. The lowest BCUT2D eigenvalue weighted by atomic mass is 9.97. The van der Waals surface area contributed by atoms with Crippen molar-refractivity contribution in [3.63, 3.8) is 0 Å². The first-order valence-corrected chi connectivity index (χ1v) is 6.55. The zero-order valence-corrected chi connectivity index (χ0v) is 12.2. The summed E-state index contributed by atoms with van der Waals surface area (Å²) in [5.74, 6) is -1.08. The van der Waals surface area contributed by atoms with Crippen molar-refractivity contribution >= 4 is 0 Å². The molecule has 3 nitrogen and oxygen atoms in total. The van der Waals surface area contributed by atoms with Crippen LogP contribution in [0.25, 0.3) is 0 Å². The molecule has 1 aromatic heterocycles. The molecule has 20 heavy (non-hydrogen) atoms. The van der Waals surface area contributed by atoms with Crippen LogP contribution in [0.1, 0.15) is 28.6 Å². The van der Waals surface area contributed by atoms with Gasteiger partial charge in [-0.25, -0.2) is 8.78 Å². The average Bonchev–Trinajstić information content (AvgIpc) is 2.62. The third kappa shape index (κ3) is 2.72. The van der Waals surface area contributed by atoms with Crippen LogP contribution < -0.4 is 5.32 Å². The Labute approximate surface area is 117 Å². The molecule has 1 atom stereocenters. The Balaban J connectivity index is 2.33. The molecule has 0 aliphatic carbocycles. The topological polar surface area (TPSA) is 29.9 Å². The molecule has 0 bridgehead atoms. The van der Waals surface area contributed by atoms with Crippen LogP contribution in [-0.4, -0.2) is 16.8 Å². The zero-order chi connectivity index (χ0) is 14.9. The number of hydrogen-bond donors (Lipinski definition) is 1. The van der Waals surface area contributed by atoms with Gasteiger partial charge in [0.25, 0.3) is 0 Å². The SMILES string of the molecule is CNC(Cc1c(C)nn(C)c1C)c1ccc(F)cc1F. The Bertz CT molecular complexity index is 620. The van der Waals surface area contributed by atoms with Gasteiger partial charge in [0, 0.05) is 30.4 Å². The molecule has 0 amide bonds. The first-order valence-electron chi connectivity index (χ1n) is 6.55. The molecule has 0 fully saturated rings. The molecule has 0 saturated carbocycles. The molecule has 0 saturated heterocycles. The lowest BCUT2D eigenvalue weighted by molar-refractivity contribution is 0.520. The number of aromatic nitrogens is 2. The van der Waals surface area contributed by atoms with Crippen LogP contribution in [0.2, 0.25) is 0 Å². The van der Waals surface area contributed by atoms with E-state index in [1.807, 2.05) is 25.6 Å². The highest BCUT2D eigenvalue weighted by molar-refractivity contribution is 5.29. The summed E-state index contributed by atoms with van der Waals surface area (Å²) in [6, 6.07) is 3.48. The fourth-order valence-corrected chi connectivity index (χ4v) is 2.47. The van der Waals surface area contributed by atoms with Crippen molar-refractivity contribution in [1.29, 1.82) is 0 Å². The number of likely N-dealkylation sites (N-methyl/N-ethyl adjacent to an activating group) is 1. The van der Waals surface area contributed by atoms with Crippen LogP contribution in [0.15, 0.2) is 18.2 Å². The van der Waals surface area contributed by atoms with Gasteiger partial charge in [-0.1, -0.05) is 6.07 Å². The summed E-state index contributed by atoms with van der Waals surface area (Å²) in [6.07, 6.45) is 0.616. The van der Waals surface area contributed by atoms with Gasteiger partial charge in [-0.15, -0.1) is 0 Å². The fourth-order valence-electron chi connectivity index (χ4n) is 2.47. The normalized spacial score (nSPS) is 12.7. The van der Waals surface area contributed by atoms with Crippen molar-refractivity contribution in [2.45, 2.75) is 26.3 Å². The van der Waals surface area contributed by atoms with E-state index in [0.717, 1.165) is 23.0 Å². The summed E-state index contributed by atoms with van der Waals surface area (Å²) in [4.78, 5) is 0. The van der Waals surface area contributed by atoms with Crippen molar-refractivity contribution in [3.8, 4) is 0 Å². The maximum atomic E-state index is 13.9. The van der Waals surface area contributed by atoms with Crippen LogP contribution in [0, 0.1) is 25.5 Å². The quantitative estimate of drug-likeness (QED) is 0.932. The first-order chi connectivity index (χ1) is 9.43. The minimum Gasteiger partial charge on any atom is -0.313 e. The van der Waals surface area contributed by atoms with E-state index in [1.165, 1.54) is 12.1 Å². The number of halogens is 2. The lowest BCUT2D eigenvalue weighted by Gasteiger charge is -2.18. The Kier molecular flexibility index (Phi) is 4.18. The molecule has 0 aliphatic rings. The number of nitrogens with zero attached hydrogens (tertiary/aromatic N) is 2. The van der Waals surface area contributed by atoms with Crippen LogP contribution >= 0.6 is 0 Å². The number of rotatable bonds is 4. The highest BCUT2D eigenvalue weighted by atomic mass is 19.1. The number of hydrogen-bond acceptors (Lipinski definition) is 2.